The number of methoxy groups -OCH3 is 1. The van der Waals surface area contributed by atoms with E-state index in [1.807, 2.05) is 48.5 Å². The highest BCUT2D eigenvalue weighted by Crippen LogP contribution is 2.16. The fourth-order valence-electron chi connectivity index (χ4n) is 2.34. The molecule has 6 nitrogen and oxygen atoms in total. The first-order chi connectivity index (χ1) is 12.8. The van der Waals surface area contributed by atoms with E-state index < -0.39 is 0 Å². The first-order valence-corrected chi connectivity index (χ1v) is 8.45. The van der Waals surface area contributed by atoms with E-state index in [4.69, 9.17) is 9.47 Å². The van der Waals surface area contributed by atoms with Crippen LogP contribution >= 0.6 is 0 Å². The number of benzene rings is 2. The summed E-state index contributed by atoms with van der Waals surface area (Å²) >= 11 is 0. The zero-order valence-electron chi connectivity index (χ0n) is 14.7. The monoisotopic (exact) mass is 350 g/mol. The second-order valence-corrected chi connectivity index (χ2v) is 5.56. The predicted molar refractivity (Wildman–Crippen MR) is 103 cm³/mol. The van der Waals surface area contributed by atoms with Crippen molar-refractivity contribution in [2.75, 3.05) is 30.9 Å². The Labute approximate surface area is 153 Å². The van der Waals surface area contributed by atoms with Crippen molar-refractivity contribution in [3.05, 3.63) is 72.4 Å². The molecule has 3 rings (SSSR count). The smallest absolute Gasteiger partial charge is 0.224 e. The molecule has 1 aromatic heterocycles. The van der Waals surface area contributed by atoms with Gasteiger partial charge in [0.15, 0.2) is 0 Å². The third-order valence-corrected chi connectivity index (χ3v) is 3.69. The summed E-state index contributed by atoms with van der Waals surface area (Å²) in [4.78, 5) is 8.69. The lowest BCUT2D eigenvalue weighted by Crippen LogP contribution is -2.13. The van der Waals surface area contributed by atoms with Gasteiger partial charge in [-0.15, -0.1) is 0 Å². The Bertz CT molecular complexity index is 794. The molecule has 0 atom stereocenters. The van der Waals surface area contributed by atoms with E-state index in [0.717, 1.165) is 17.3 Å². The van der Waals surface area contributed by atoms with Crippen molar-refractivity contribution in [3.8, 4) is 11.5 Å². The van der Waals surface area contributed by atoms with E-state index in [2.05, 4.69) is 32.7 Å². The average molecular weight is 350 g/mol. The SMILES string of the molecule is COc1ccc(OCCNc2ccnc(NCc3ccccc3)n2)cc1. The van der Waals surface area contributed by atoms with E-state index in [1.54, 1.807) is 13.3 Å². The molecule has 6 heteroatoms. The van der Waals surface area contributed by atoms with Gasteiger partial charge in [0.1, 0.15) is 23.9 Å². The van der Waals surface area contributed by atoms with Crippen LogP contribution in [0.15, 0.2) is 66.9 Å². The fraction of sp³-hybridized carbons (Fsp3) is 0.200. The normalized spacial score (nSPS) is 10.2. The minimum Gasteiger partial charge on any atom is -0.497 e. The van der Waals surface area contributed by atoms with Crippen molar-refractivity contribution >= 4 is 11.8 Å². The average Bonchev–Trinajstić information content (AvgIpc) is 2.71. The Morgan fingerprint density at radius 3 is 2.42 bits per heavy atom. The largest absolute Gasteiger partial charge is 0.497 e. The highest BCUT2D eigenvalue weighted by Gasteiger charge is 2.00. The zero-order chi connectivity index (χ0) is 18.0. The van der Waals surface area contributed by atoms with Crippen molar-refractivity contribution in [1.82, 2.24) is 9.97 Å². The summed E-state index contributed by atoms with van der Waals surface area (Å²) in [5.41, 5.74) is 1.18. The molecule has 0 aliphatic rings. The third kappa shape index (κ3) is 5.37. The summed E-state index contributed by atoms with van der Waals surface area (Å²) in [5, 5.41) is 6.46. The van der Waals surface area contributed by atoms with Crippen LogP contribution in [0.4, 0.5) is 11.8 Å². The summed E-state index contributed by atoms with van der Waals surface area (Å²) in [5.74, 6) is 2.97. The van der Waals surface area contributed by atoms with Gasteiger partial charge in [-0.3, -0.25) is 0 Å². The van der Waals surface area contributed by atoms with Crippen molar-refractivity contribution in [1.29, 1.82) is 0 Å². The fourth-order valence-corrected chi connectivity index (χ4v) is 2.34. The number of nitrogens with zero attached hydrogens (tertiary/aromatic N) is 2. The van der Waals surface area contributed by atoms with Crippen molar-refractivity contribution < 1.29 is 9.47 Å². The first-order valence-electron chi connectivity index (χ1n) is 8.45. The molecule has 0 spiro atoms. The Morgan fingerprint density at radius 2 is 1.65 bits per heavy atom. The second kappa shape index (κ2) is 9.27. The number of rotatable bonds is 9. The number of hydrogen-bond donors (Lipinski definition) is 2. The Kier molecular flexibility index (Phi) is 6.25. The van der Waals surface area contributed by atoms with Crippen LogP contribution in [0.5, 0.6) is 11.5 Å². The molecule has 0 amide bonds. The van der Waals surface area contributed by atoms with Crippen LogP contribution in [0, 0.1) is 0 Å². The molecular formula is C20H22N4O2. The maximum absolute atomic E-state index is 5.69. The van der Waals surface area contributed by atoms with Crippen LogP contribution in [0.3, 0.4) is 0 Å². The Hall–Kier alpha value is -3.28. The van der Waals surface area contributed by atoms with E-state index in [0.29, 0.717) is 25.6 Å². The summed E-state index contributed by atoms with van der Waals surface area (Å²) in [6.07, 6.45) is 1.73. The minimum absolute atomic E-state index is 0.531. The molecule has 134 valence electrons. The molecule has 1 heterocycles. The molecule has 0 bridgehead atoms. The lowest BCUT2D eigenvalue weighted by atomic mass is 10.2. The third-order valence-electron chi connectivity index (χ3n) is 3.69. The van der Waals surface area contributed by atoms with Gasteiger partial charge < -0.3 is 20.1 Å². The van der Waals surface area contributed by atoms with E-state index in [9.17, 15) is 0 Å². The molecule has 0 unspecified atom stereocenters. The Balaban J connectivity index is 1.43. The molecule has 0 aliphatic heterocycles. The lowest BCUT2D eigenvalue weighted by Gasteiger charge is -2.10. The number of nitrogens with one attached hydrogen (secondary N) is 2. The van der Waals surface area contributed by atoms with Crippen LogP contribution in [0.2, 0.25) is 0 Å². The number of hydrogen-bond acceptors (Lipinski definition) is 6. The molecule has 0 aliphatic carbocycles. The van der Waals surface area contributed by atoms with Gasteiger partial charge >= 0.3 is 0 Å². The highest BCUT2D eigenvalue weighted by molar-refractivity contribution is 5.40. The number of aromatic nitrogens is 2. The second-order valence-electron chi connectivity index (χ2n) is 5.56. The van der Waals surface area contributed by atoms with Gasteiger partial charge in [0.25, 0.3) is 0 Å². The lowest BCUT2D eigenvalue weighted by molar-refractivity contribution is 0.331. The molecular weight excluding hydrogens is 328 g/mol. The summed E-state index contributed by atoms with van der Waals surface area (Å²) in [6, 6.07) is 19.5. The molecule has 2 aromatic carbocycles. The van der Waals surface area contributed by atoms with Gasteiger partial charge in [0.2, 0.25) is 5.95 Å². The number of anilines is 2. The van der Waals surface area contributed by atoms with Crippen LogP contribution in [-0.2, 0) is 6.54 Å². The molecule has 26 heavy (non-hydrogen) atoms. The van der Waals surface area contributed by atoms with Crippen LogP contribution in [-0.4, -0.2) is 30.2 Å². The Morgan fingerprint density at radius 1 is 0.885 bits per heavy atom. The van der Waals surface area contributed by atoms with Gasteiger partial charge in [-0.2, -0.15) is 4.98 Å². The van der Waals surface area contributed by atoms with Crippen molar-refractivity contribution in [2.24, 2.45) is 0 Å². The molecule has 2 N–H and O–H groups in total. The van der Waals surface area contributed by atoms with E-state index in [1.165, 1.54) is 5.56 Å². The van der Waals surface area contributed by atoms with E-state index in [-0.39, 0.29) is 0 Å². The van der Waals surface area contributed by atoms with Crippen LogP contribution in [0.25, 0.3) is 0 Å². The first kappa shape index (κ1) is 17.5. The van der Waals surface area contributed by atoms with Gasteiger partial charge in [-0.05, 0) is 35.9 Å². The zero-order valence-corrected chi connectivity index (χ0v) is 14.7. The van der Waals surface area contributed by atoms with Gasteiger partial charge in [0, 0.05) is 12.7 Å². The van der Waals surface area contributed by atoms with Crippen molar-refractivity contribution in [3.63, 3.8) is 0 Å². The maximum Gasteiger partial charge on any atom is 0.224 e. The topological polar surface area (TPSA) is 68.3 Å². The van der Waals surface area contributed by atoms with Crippen LogP contribution in [0.1, 0.15) is 5.56 Å². The summed E-state index contributed by atoms with van der Waals surface area (Å²) < 4.78 is 10.8. The maximum atomic E-state index is 5.69. The van der Waals surface area contributed by atoms with Gasteiger partial charge in [-0.25, -0.2) is 4.98 Å². The molecule has 0 saturated heterocycles. The minimum atomic E-state index is 0.531. The highest BCUT2D eigenvalue weighted by atomic mass is 16.5. The molecule has 0 fully saturated rings. The standard InChI is InChI=1S/C20H22N4O2/c1-25-17-7-9-18(10-8-17)26-14-13-21-19-11-12-22-20(24-19)23-15-16-5-3-2-4-6-16/h2-12H,13-15H2,1H3,(H2,21,22,23,24). The quantitative estimate of drug-likeness (QED) is 0.575. The molecule has 0 radical (unpaired) electrons. The summed E-state index contributed by atoms with van der Waals surface area (Å²) in [7, 11) is 1.64. The van der Waals surface area contributed by atoms with E-state index >= 15 is 0 Å². The summed E-state index contributed by atoms with van der Waals surface area (Å²) in [6.45, 7) is 1.86. The molecule has 0 saturated carbocycles. The van der Waals surface area contributed by atoms with Crippen LogP contribution < -0.4 is 20.1 Å². The van der Waals surface area contributed by atoms with Crippen molar-refractivity contribution in [2.45, 2.75) is 6.54 Å². The van der Waals surface area contributed by atoms with Gasteiger partial charge in [-0.1, -0.05) is 30.3 Å². The molecule has 3 aromatic rings. The van der Waals surface area contributed by atoms with Gasteiger partial charge in [0.05, 0.1) is 13.7 Å². The predicted octanol–water partition coefficient (Wildman–Crippen LogP) is 3.59. The number of ether oxygens (including phenoxy) is 2.